The molecule has 0 radical (unpaired) electrons. The molecule has 0 aromatic carbocycles. The number of aryl methyl sites for hydroxylation is 1. The predicted molar refractivity (Wildman–Crippen MR) is 84.3 cm³/mol. The molecule has 0 amide bonds. The molecule has 0 atom stereocenters. The first kappa shape index (κ1) is 13.9. The summed E-state index contributed by atoms with van der Waals surface area (Å²) in [6, 6.07) is 3.84. The van der Waals surface area contributed by atoms with Crippen LogP contribution in [0.15, 0.2) is 39.1 Å². The fourth-order valence-electron chi connectivity index (χ4n) is 1.85. The van der Waals surface area contributed by atoms with Crippen LogP contribution in [-0.2, 0) is 6.42 Å². The second-order valence-corrected chi connectivity index (χ2v) is 6.27. The van der Waals surface area contributed by atoms with Gasteiger partial charge in [0.2, 0.25) is 0 Å². The van der Waals surface area contributed by atoms with E-state index in [0.29, 0.717) is 10.3 Å². The van der Waals surface area contributed by atoms with E-state index in [4.69, 9.17) is 11.6 Å². The molecule has 0 saturated heterocycles. The summed E-state index contributed by atoms with van der Waals surface area (Å²) >= 11 is 11.3. The second-order valence-electron chi connectivity index (χ2n) is 4.08. The van der Waals surface area contributed by atoms with Gasteiger partial charge in [0.1, 0.15) is 10.8 Å². The van der Waals surface area contributed by atoms with Crippen molar-refractivity contribution in [3.63, 3.8) is 0 Å². The van der Waals surface area contributed by atoms with E-state index in [0.717, 1.165) is 32.5 Å². The number of hydrogen-bond donors (Lipinski definition) is 1. The summed E-state index contributed by atoms with van der Waals surface area (Å²) in [6.07, 6.45) is 4.38. The summed E-state index contributed by atoms with van der Waals surface area (Å²) in [5, 5.41) is 1.88. The van der Waals surface area contributed by atoms with E-state index in [1.165, 1.54) is 11.8 Å². The molecule has 20 heavy (non-hydrogen) atoms. The van der Waals surface area contributed by atoms with Gasteiger partial charge in [-0.25, -0.2) is 9.97 Å². The third-order valence-corrected chi connectivity index (χ3v) is 4.79. The first-order chi connectivity index (χ1) is 9.69. The Morgan fingerprint density at radius 3 is 2.95 bits per heavy atom. The lowest BCUT2D eigenvalue weighted by molar-refractivity contribution is 0.985. The maximum Gasteiger partial charge on any atom is 0.195 e. The van der Waals surface area contributed by atoms with Gasteiger partial charge >= 0.3 is 0 Å². The maximum absolute atomic E-state index is 6.27. The number of nitrogens with zero attached hydrogens (tertiary/aromatic N) is 3. The standard InChI is InChI=1S/C13H10BrClN4S/c1-2-8-10(14)9-11(15)18-13(19-12(9)17-8)20-7-4-3-5-16-6-7/h3-6H,2H2,1H3,(H,17,18,19). The Balaban J connectivity index is 2.06. The van der Waals surface area contributed by atoms with Crippen molar-refractivity contribution in [3.8, 4) is 0 Å². The monoisotopic (exact) mass is 368 g/mol. The van der Waals surface area contributed by atoms with Crippen molar-refractivity contribution in [2.45, 2.75) is 23.4 Å². The minimum atomic E-state index is 0.448. The number of halogens is 2. The van der Waals surface area contributed by atoms with Crippen LogP contribution in [0.3, 0.4) is 0 Å². The zero-order chi connectivity index (χ0) is 14.1. The Kier molecular flexibility index (Phi) is 3.96. The van der Waals surface area contributed by atoms with E-state index in [1.54, 1.807) is 12.4 Å². The molecule has 3 aromatic rings. The van der Waals surface area contributed by atoms with Crippen molar-refractivity contribution >= 4 is 50.3 Å². The maximum atomic E-state index is 6.27. The summed E-state index contributed by atoms with van der Waals surface area (Å²) in [5.41, 5.74) is 1.82. The topological polar surface area (TPSA) is 54.5 Å². The average Bonchev–Trinajstić information content (AvgIpc) is 2.76. The highest BCUT2D eigenvalue weighted by atomic mass is 79.9. The molecule has 7 heteroatoms. The highest BCUT2D eigenvalue weighted by Gasteiger charge is 2.15. The minimum absolute atomic E-state index is 0.448. The van der Waals surface area contributed by atoms with Crippen LogP contribution in [0.4, 0.5) is 0 Å². The Labute approximate surface area is 133 Å². The third-order valence-electron chi connectivity index (χ3n) is 2.80. The largest absolute Gasteiger partial charge is 0.342 e. The Hall–Kier alpha value is -1.11. The van der Waals surface area contributed by atoms with E-state index in [9.17, 15) is 0 Å². The van der Waals surface area contributed by atoms with Gasteiger partial charge in [0.05, 0.1) is 9.86 Å². The average molecular weight is 370 g/mol. The van der Waals surface area contributed by atoms with Crippen LogP contribution in [0.2, 0.25) is 5.15 Å². The molecule has 3 heterocycles. The molecule has 0 aliphatic carbocycles. The van der Waals surface area contributed by atoms with Gasteiger partial charge in [-0.1, -0.05) is 18.5 Å². The SMILES string of the molecule is CCc1[nH]c2nc(Sc3cccnc3)nc(Cl)c2c1Br. The van der Waals surface area contributed by atoms with Crippen molar-refractivity contribution in [2.75, 3.05) is 0 Å². The van der Waals surface area contributed by atoms with E-state index >= 15 is 0 Å². The molecule has 1 N–H and O–H groups in total. The van der Waals surface area contributed by atoms with E-state index < -0.39 is 0 Å². The highest BCUT2D eigenvalue weighted by molar-refractivity contribution is 9.10. The van der Waals surface area contributed by atoms with Crippen LogP contribution in [-0.4, -0.2) is 19.9 Å². The van der Waals surface area contributed by atoms with Gasteiger partial charge in [-0.05, 0) is 46.2 Å². The van der Waals surface area contributed by atoms with Gasteiger partial charge in [0, 0.05) is 23.0 Å². The second kappa shape index (κ2) is 5.71. The lowest BCUT2D eigenvalue weighted by atomic mass is 10.3. The van der Waals surface area contributed by atoms with E-state index in [1.807, 2.05) is 12.1 Å². The molecule has 0 fully saturated rings. The number of nitrogens with one attached hydrogen (secondary N) is 1. The van der Waals surface area contributed by atoms with Crippen LogP contribution < -0.4 is 0 Å². The summed E-state index contributed by atoms with van der Waals surface area (Å²) in [7, 11) is 0. The lowest BCUT2D eigenvalue weighted by Crippen LogP contribution is -1.89. The van der Waals surface area contributed by atoms with Crippen LogP contribution in [0.1, 0.15) is 12.6 Å². The zero-order valence-electron chi connectivity index (χ0n) is 10.5. The molecule has 0 bridgehead atoms. The fraction of sp³-hybridized carbons (Fsp3) is 0.154. The molecule has 0 aliphatic rings. The summed E-state index contributed by atoms with van der Waals surface area (Å²) < 4.78 is 0.943. The number of aromatic amines is 1. The number of rotatable bonds is 3. The Bertz CT molecular complexity index is 760. The third kappa shape index (κ3) is 2.55. The minimum Gasteiger partial charge on any atom is -0.342 e. The highest BCUT2D eigenvalue weighted by Crippen LogP contribution is 2.34. The number of pyridine rings is 1. The van der Waals surface area contributed by atoms with Crippen molar-refractivity contribution in [2.24, 2.45) is 0 Å². The molecule has 0 aliphatic heterocycles. The molecule has 0 spiro atoms. The van der Waals surface area contributed by atoms with Gasteiger partial charge in [-0.2, -0.15) is 0 Å². The van der Waals surface area contributed by atoms with Gasteiger partial charge in [0.25, 0.3) is 0 Å². The van der Waals surface area contributed by atoms with Crippen molar-refractivity contribution < 1.29 is 0 Å². The van der Waals surface area contributed by atoms with E-state index in [2.05, 4.69) is 42.8 Å². The smallest absolute Gasteiger partial charge is 0.195 e. The summed E-state index contributed by atoms with van der Waals surface area (Å²) in [6.45, 7) is 2.07. The summed E-state index contributed by atoms with van der Waals surface area (Å²) in [5.74, 6) is 0. The first-order valence-electron chi connectivity index (χ1n) is 6.00. The number of H-pyrrole nitrogens is 1. The zero-order valence-corrected chi connectivity index (χ0v) is 13.7. The lowest BCUT2D eigenvalue weighted by Gasteiger charge is -2.01. The van der Waals surface area contributed by atoms with Crippen molar-refractivity contribution in [3.05, 3.63) is 39.8 Å². The molecular weight excluding hydrogens is 360 g/mol. The molecule has 0 unspecified atom stereocenters. The van der Waals surface area contributed by atoms with Gasteiger partial charge < -0.3 is 4.98 Å². The van der Waals surface area contributed by atoms with Crippen molar-refractivity contribution in [1.29, 1.82) is 0 Å². The number of fused-ring (bicyclic) bond motifs is 1. The molecule has 3 aromatic heterocycles. The molecule has 3 rings (SSSR count). The van der Waals surface area contributed by atoms with E-state index in [-0.39, 0.29) is 0 Å². The Morgan fingerprint density at radius 1 is 1.40 bits per heavy atom. The number of hydrogen-bond acceptors (Lipinski definition) is 4. The van der Waals surface area contributed by atoms with Crippen LogP contribution in [0, 0.1) is 0 Å². The van der Waals surface area contributed by atoms with Gasteiger partial charge in [-0.3, -0.25) is 4.98 Å². The fourth-order valence-corrected chi connectivity index (χ4v) is 3.78. The predicted octanol–water partition coefficient (Wildman–Crippen LogP) is 4.48. The number of aromatic nitrogens is 4. The van der Waals surface area contributed by atoms with Crippen molar-refractivity contribution in [1.82, 2.24) is 19.9 Å². The molecular formula is C13H10BrClN4S. The molecule has 4 nitrogen and oxygen atoms in total. The Morgan fingerprint density at radius 2 is 2.25 bits per heavy atom. The molecule has 102 valence electrons. The first-order valence-corrected chi connectivity index (χ1v) is 7.99. The van der Waals surface area contributed by atoms with Crippen LogP contribution in [0.25, 0.3) is 11.0 Å². The summed E-state index contributed by atoms with van der Waals surface area (Å²) in [4.78, 5) is 17.2. The quantitative estimate of drug-likeness (QED) is 0.546. The molecule has 0 saturated carbocycles. The normalized spacial score (nSPS) is 11.2. The van der Waals surface area contributed by atoms with Gasteiger partial charge in [-0.15, -0.1) is 0 Å². The van der Waals surface area contributed by atoms with Crippen LogP contribution >= 0.6 is 39.3 Å². The van der Waals surface area contributed by atoms with Crippen LogP contribution in [0.5, 0.6) is 0 Å². The van der Waals surface area contributed by atoms with Gasteiger partial charge in [0.15, 0.2) is 5.16 Å².